The van der Waals surface area contributed by atoms with Crippen LogP contribution in [0.5, 0.6) is 0 Å². The first-order chi connectivity index (χ1) is 11.5. The molecule has 2 atom stereocenters. The minimum Gasteiger partial charge on any atom is -0.338 e. The number of carbonyl (C=O) groups is 2. The second-order valence-corrected chi connectivity index (χ2v) is 6.60. The van der Waals surface area contributed by atoms with Crippen molar-refractivity contribution in [1.82, 2.24) is 19.6 Å². The van der Waals surface area contributed by atoms with Crippen molar-refractivity contribution in [2.45, 2.75) is 25.9 Å². The van der Waals surface area contributed by atoms with E-state index in [-0.39, 0.29) is 5.91 Å². The third-order valence-electron chi connectivity index (χ3n) is 5.43. The van der Waals surface area contributed by atoms with E-state index in [2.05, 4.69) is 30.2 Å². The van der Waals surface area contributed by atoms with Gasteiger partial charge in [-0.25, -0.2) is 4.39 Å². The van der Waals surface area contributed by atoms with Gasteiger partial charge in [0.15, 0.2) is 6.67 Å². The lowest BCUT2D eigenvalue weighted by Gasteiger charge is -2.45. The minimum absolute atomic E-state index is 0.00371. The Kier molecular flexibility index (Phi) is 6.74. The summed E-state index contributed by atoms with van der Waals surface area (Å²) in [6.07, 6.45) is 1.37. The molecule has 2 fully saturated rings. The van der Waals surface area contributed by atoms with Crippen molar-refractivity contribution in [3.8, 4) is 0 Å². The first kappa shape index (κ1) is 18.9. The average Bonchev–Trinajstić information content (AvgIpc) is 2.65. The van der Waals surface area contributed by atoms with Crippen molar-refractivity contribution in [3.05, 3.63) is 12.7 Å². The van der Waals surface area contributed by atoms with E-state index in [0.717, 1.165) is 39.3 Å². The number of piperazine rings is 2. The van der Waals surface area contributed by atoms with Gasteiger partial charge >= 0.3 is 0 Å². The number of rotatable bonds is 5. The van der Waals surface area contributed by atoms with Crippen LogP contribution in [0.1, 0.15) is 13.8 Å². The van der Waals surface area contributed by atoms with Gasteiger partial charge in [0.05, 0.1) is 0 Å². The minimum atomic E-state index is -0.903. The molecule has 0 bridgehead atoms. The standard InChI is InChI=1S/C17H29FN4O2/c1-4-16(23)21-9-5-19(6-10-21)14(2)15(3)20-7-11-22(12-8-20)17(24)13-18/h4,14-15H,1,5-13H2,2-3H3. The highest BCUT2D eigenvalue weighted by atomic mass is 19.1. The number of nitrogens with zero attached hydrogens (tertiary/aromatic N) is 4. The van der Waals surface area contributed by atoms with Gasteiger partial charge in [-0.2, -0.15) is 0 Å². The van der Waals surface area contributed by atoms with Gasteiger partial charge in [0.1, 0.15) is 0 Å². The smallest absolute Gasteiger partial charge is 0.254 e. The molecule has 2 amide bonds. The zero-order valence-electron chi connectivity index (χ0n) is 14.8. The first-order valence-corrected chi connectivity index (χ1v) is 8.71. The van der Waals surface area contributed by atoms with Gasteiger partial charge in [0.25, 0.3) is 5.91 Å². The maximum Gasteiger partial charge on any atom is 0.254 e. The van der Waals surface area contributed by atoms with Gasteiger partial charge < -0.3 is 9.80 Å². The summed E-state index contributed by atoms with van der Waals surface area (Å²) >= 11 is 0. The summed E-state index contributed by atoms with van der Waals surface area (Å²) in [5, 5.41) is 0. The van der Waals surface area contributed by atoms with E-state index in [1.807, 2.05) is 4.90 Å². The maximum absolute atomic E-state index is 12.5. The van der Waals surface area contributed by atoms with Crippen LogP contribution in [0.4, 0.5) is 4.39 Å². The van der Waals surface area contributed by atoms with Crippen LogP contribution in [-0.4, -0.2) is 103 Å². The summed E-state index contributed by atoms with van der Waals surface area (Å²) in [6, 6.07) is 0.726. The molecule has 7 heteroatoms. The monoisotopic (exact) mass is 340 g/mol. The fourth-order valence-corrected chi connectivity index (χ4v) is 3.55. The van der Waals surface area contributed by atoms with Crippen LogP contribution < -0.4 is 0 Å². The zero-order valence-corrected chi connectivity index (χ0v) is 14.8. The Balaban J connectivity index is 1.81. The molecule has 2 aliphatic rings. The van der Waals surface area contributed by atoms with E-state index in [1.54, 1.807) is 4.90 Å². The molecular weight excluding hydrogens is 311 g/mol. The van der Waals surface area contributed by atoms with Crippen molar-refractivity contribution in [2.24, 2.45) is 0 Å². The summed E-state index contributed by atoms with van der Waals surface area (Å²) < 4.78 is 12.5. The largest absolute Gasteiger partial charge is 0.338 e. The number of hydrogen-bond acceptors (Lipinski definition) is 4. The number of hydrogen-bond donors (Lipinski definition) is 0. The van der Waals surface area contributed by atoms with Gasteiger partial charge in [0.2, 0.25) is 5.91 Å². The summed E-state index contributed by atoms with van der Waals surface area (Å²) in [6.45, 7) is 13.0. The Morgan fingerprint density at radius 1 is 0.917 bits per heavy atom. The van der Waals surface area contributed by atoms with E-state index in [0.29, 0.717) is 25.2 Å². The molecule has 0 aromatic heterocycles. The number of alkyl halides is 1. The lowest BCUT2D eigenvalue weighted by Crippen LogP contribution is -2.59. The quantitative estimate of drug-likeness (QED) is 0.671. The van der Waals surface area contributed by atoms with Crippen molar-refractivity contribution in [1.29, 1.82) is 0 Å². The Hall–Kier alpha value is -1.47. The molecule has 2 saturated heterocycles. The predicted molar refractivity (Wildman–Crippen MR) is 91.4 cm³/mol. The molecule has 0 saturated carbocycles. The lowest BCUT2D eigenvalue weighted by atomic mass is 10.1. The van der Waals surface area contributed by atoms with Crippen LogP contribution in [0.25, 0.3) is 0 Å². The lowest BCUT2D eigenvalue weighted by molar-refractivity contribution is -0.134. The molecule has 0 spiro atoms. The SMILES string of the molecule is C=CC(=O)N1CCN(C(C)C(C)N2CCN(C(=O)CF)CC2)CC1. The van der Waals surface area contributed by atoms with E-state index < -0.39 is 12.6 Å². The molecule has 0 aromatic carbocycles. The zero-order chi connectivity index (χ0) is 17.7. The number of carbonyl (C=O) groups excluding carboxylic acids is 2. The highest BCUT2D eigenvalue weighted by Gasteiger charge is 2.31. The predicted octanol–water partition coefficient (Wildman–Crippen LogP) is 0.207. The summed E-state index contributed by atoms with van der Waals surface area (Å²) in [4.78, 5) is 31.3. The van der Waals surface area contributed by atoms with E-state index >= 15 is 0 Å². The highest BCUT2D eigenvalue weighted by molar-refractivity contribution is 5.87. The van der Waals surface area contributed by atoms with Gasteiger partial charge in [-0.3, -0.25) is 19.4 Å². The Morgan fingerprint density at radius 2 is 1.33 bits per heavy atom. The molecule has 136 valence electrons. The van der Waals surface area contributed by atoms with Crippen LogP contribution in [0, 0.1) is 0 Å². The van der Waals surface area contributed by atoms with Gasteiger partial charge in [-0.1, -0.05) is 6.58 Å². The fourth-order valence-electron chi connectivity index (χ4n) is 3.55. The molecule has 0 aliphatic carbocycles. The third kappa shape index (κ3) is 4.33. The number of amides is 2. The Labute approximate surface area is 143 Å². The van der Waals surface area contributed by atoms with E-state index in [1.165, 1.54) is 6.08 Å². The summed E-state index contributed by atoms with van der Waals surface area (Å²) in [5.74, 6) is -0.401. The van der Waals surface area contributed by atoms with Crippen molar-refractivity contribution in [3.63, 3.8) is 0 Å². The average molecular weight is 340 g/mol. The maximum atomic E-state index is 12.5. The topological polar surface area (TPSA) is 47.1 Å². The van der Waals surface area contributed by atoms with Crippen LogP contribution in [0.2, 0.25) is 0 Å². The molecule has 24 heavy (non-hydrogen) atoms. The summed E-state index contributed by atoms with van der Waals surface area (Å²) in [7, 11) is 0. The molecule has 2 aliphatic heterocycles. The van der Waals surface area contributed by atoms with E-state index in [9.17, 15) is 14.0 Å². The second kappa shape index (κ2) is 8.58. The second-order valence-electron chi connectivity index (χ2n) is 6.60. The third-order valence-corrected chi connectivity index (χ3v) is 5.43. The van der Waals surface area contributed by atoms with Crippen molar-refractivity contribution >= 4 is 11.8 Å². The molecule has 2 heterocycles. The highest BCUT2D eigenvalue weighted by Crippen LogP contribution is 2.16. The van der Waals surface area contributed by atoms with Crippen LogP contribution in [0.3, 0.4) is 0 Å². The van der Waals surface area contributed by atoms with Gasteiger partial charge in [-0.05, 0) is 19.9 Å². The molecular formula is C17H29FN4O2. The Bertz CT molecular complexity index is 458. The fraction of sp³-hybridized carbons (Fsp3) is 0.765. The van der Waals surface area contributed by atoms with Crippen LogP contribution >= 0.6 is 0 Å². The Morgan fingerprint density at radius 3 is 1.71 bits per heavy atom. The molecule has 6 nitrogen and oxygen atoms in total. The van der Waals surface area contributed by atoms with Gasteiger partial charge in [-0.15, -0.1) is 0 Å². The molecule has 0 aromatic rings. The first-order valence-electron chi connectivity index (χ1n) is 8.71. The van der Waals surface area contributed by atoms with E-state index in [4.69, 9.17) is 0 Å². The normalized spacial score (nSPS) is 23.0. The summed E-state index contributed by atoms with van der Waals surface area (Å²) in [5.41, 5.74) is 0. The van der Waals surface area contributed by atoms with Crippen LogP contribution in [-0.2, 0) is 9.59 Å². The number of halogens is 1. The molecule has 2 unspecified atom stereocenters. The van der Waals surface area contributed by atoms with Crippen molar-refractivity contribution < 1.29 is 14.0 Å². The van der Waals surface area contributed by atoms with Crippen molar-refractivity contribution in [2.75, 3.05) is 59.0 Å². The van der Waals surface area contributed by atoms with Crippen LogP contribution in [0.15, 0.2) is 12.7 Å². The van der Waals surface area contributed by atoms with Gasteiger partial charge in [0, 0.05) is 64.4 Å². The molecule has 0 N–H and O–H groups in total. The molecule has 0 radical (unpaired) electrons. The molecule has 2 rings (SSSR count).